The van der Waals surface area contributed by atoms with Crippen LogP contribution in [-0.2, 0) is 12.8 Å². The number of rotatable bonds is 3. The summed E-state index contributed by atoms with van der Waals surface area (Å²) in [6.45, 7) is 4.12. The van der Waals surface area contributed by atoms with Gasteiger partial charge in [-0.2, -0.15) is 5.10 Å². The average Bonchev–Trinajstić information content (AvgIpc) is 3.21. The summed E-state index contributed by atoms with van der Waals surface area (Å²) in [4.78, 5) is 12.7. The van der Waals surface area contributed by atoms with E-state index in [2.05, 4.69) is 34.6 Å². The number of aryl methyl sites for hydroxylation is 1. The molecule has 0 saturated carbocycles. The number of carbonyl (C=O) groups excluding carboxylic acids is 1. The van der Waals surface area contributed by atoms with Gasteiger partial charge in [0.05, 0.1) is 11.2 Å². The van der Waals surface area contributed by atoms with E-state index in [1.54, 1.807) is 10.7 Å². The summed E-state index contributed by atoms with van der Waals surface area (Å²) in [7, 11) is 0. The summed E-state index contributed by atoms with van der Waals surface area (Å²) in [5, 5.41) is 15.7. The summed E-state index contributed by atoms with van der Waals surface area (Å²) in [6.07, 6.45) is 4.80. The zero-order chi connectivity index (χ0) is 16.0. The summed E-state index contributed by atoms with van der Waals surface area (Å²) >= 11 is 0. The molecule has 1 aliphatic carbocycles. The Bertz CT molecular complexity index is 891. The van der Waals surface area contributed by atoms with Crippen LogP contribution in [-0.4, -0.2) is 30.5 Å². The Morgan fingerprint density at radius 1 is 1.30 bits per heavy atom. The molecule has 3 aromatic heterocycles. The van der Waals surface area contributed by atoms with E-state index >= 15 is 0 Å². The Hall–Kier alpha value is -2.70. The number of aromatic nitrogens is 5. The predicted octanol–water partition coefficient (Wildman–Crippen LogP) is 2.25. The second-order valence-corrected chi connectivity index (χ2v) is 6.09. The third-order valence-electron chi connectivity index (χ3n) is 4.19. The standard InChI is InChI=1S/C16H18N6O/c1-10(2)22-15(11-6-5-7-12(11)19-22)17-16(23)14-13-8-3-4-9-21(13)20-18-14/h3-4,8-10H,5-7H2,1-2H3,(H,17,23). The molecule has 0 fully saturated rings. The van der Waals surface area contributed by atoms with E-state index in [1.807, 2.05) is 22.9 Å². The second-order valence-electron chi connectivity index (χ2n) is 6.09. The van der Waals surface area contributed by atoms with Crippen molar-refractivity contribution in [3.63, 3.8) is 0 Å². The molecule has 0 spiro atoms. The van der Waals surface area contributed by atoms with Gasteiger partial charge in [-0.15, -0.1) is 5.10 Å². The normalized spacial score (nSPS) is 13.7. The van der Waals surface area contributed by atoms with E-state index in [0.717, 1.165) is 36.3 Å². The first kappa shape index (κ1) is 13.9. The quantitative estimate of drug-likeness (QED) is 0.805. The molecule has 0 radical (unpaired) electrons. The van der Waals surface area contributed by atoms with Crippen molar-refractivity contribution in [2.75, 3.05) is 5.32 Å². The molecule has 7 nitrogen and oxygen atoms in total. The number of anilines is 1. The molecule has 0 unspecified atom stereocenters. The molecule has 1 aliphatic rings. The van der Waals surface area contributed by atoms with Crippen molar-refractivity contribution >= 4 is 17.2 Å². The lowest BCUT2D eigenvalue weighted by molar-refractivity contribution is 0.102. The molecule has 3 heterocycles. The Morgan fingerprint density at radius 3 is 3.00 bits per heavy atom. The first-order chi connectivity index (χ1) is 11.1. The molecule has 0 saturated heterocycles. The van der Waals surface area contributed by atoms with Crippen molar-refractivity contribution in [1.29, 1.82) is 0 Å². The van der Waals surface area contributed by atoms with E-state index in [0.29, 0.717) is 11.2 Å². The van der Waals surface area contributed by atoms with Crippen LogP contribution in [0.25, 0.3) is 5.52 Å². The maximum atomic E-state index is 12.7. The van der Waals surface area contributed by atoms with Gasteiger partial charge in [-0.05, 0) is 45.2 Å². The Labute approximate surface area is 133 Å². The van der Waals surface area contributed by atoms with E-state index in [4.69, 9.17) is 0 Å². The van der Waals surface area contributed by atoms with Gasteiger partial charge in [-0.25, -0.2) is 9.20 Å². The molecule has 1 N–H and O–H groups in total. The van der Waals surface area contributed by atoms with Gasteiger partial charge in [0.1, 0.15) is 5.82 Å². The number of pyridine rings is 1. The van der Waals surface area contributed by atoms with Crippen molar-refractivity contribution in [2.24, 2.45) is 0 Å². The van der Waals surface area contributed by atoms with Crippen LogP contribution < -0.4 is 5.32 Å². The number of hydrogen-bond acceptors (Lipinski definition) is 4. The summed E-state index contributed by atoms with van der Waals surface area (Å²) in [5.41, 5.74) is 3.27. The molecular weight excluding hydrogens is 292 g/mol. The average molecular weight is 310 g/mol. The van der Waals surface area contributed by atoms with E-state index in [-0.39, 0.29) is 11.9 Å². The minimum atomic E-state index is -0.248. The summed E-state index contributed by atoms with van der Waals surface area (Å²) in [5.74, 6) is 0.553. The van der Waals surface area contributed by atoms with E-state index in [9.17, 15) is 4.79 Å². The molecule has 118 valence electrons. The number of hydrogen-bond donors (Lipinski definition) is 1. The third kappa shape index (κ3) is 2.19. The Balaban J connectivity index is 1.72. The van der Waals surface area contributed by atoms with Gasteiger partial charge in [0, 0.05) is 17.8 Å². The molecule has 4 rings (SSSR count). The number of amides is 1. The smallest absolute Gasteiger partial charge is 0.279 e. The van der Waals surface area contributed by atoms with Gasteiger partial charge in [-0.1, -0.05) is 11.3 Å². The topological polar surface area (TPSA) is 77.1 Å². The number of nitrogens with one attached hydrogen (secondary N) is 1. The fraction of sp³-hybridized carbons (Fsp3) is 0.375. The van der Waals surface area contributed by atoms with Crippen LogP contribution >= 0.6 is 0 Å². The minimum absolute atomic E-state index is 0.188. The largest absolute Gasteiger partial charge is 0.305 e. The molecule has 1 amide bonds. The molecule has 3 aromatic rings. The van der Waals surface area contributed by atoms with Crippen LogP contribution in [0.5, 0.6) is 0 Å². The van der Waals surface area contributed by atoms with Crippen LogP contribution in [0.3, 0.4) is 0 Å². The SMILES string of the molecule is CC(C)n1nc2c(c1NC(=O)c1nnn3ccccc13)CCC2. The van der Waals surface area contributed by atoms with Gasteiger partial charge in [-0.3, -0.25) is 4.79 Å². The first-order valence-corrected chi connectivity index (χ1v) is 7.87. The maximum Gasteiger partial charge on any atom is 0.279 e. The molecule has 0 atom stereocenters. The van der Waals surface area contributed by atoms with Crippen LogP contribution in [0.2, 0.25) is 0 Å². The minimum Gasteiger partial charge on any atom is -0.305 e. The maximum absolute atomic E-state index is 12.7. The molecule has 0 aliphatic heterocycles. The molecule has 23 heavy (non-hydrogen) atoms. The van der Waals surface area contributed by atoms with Crippen molar-refractivity contribution in [3.8, 4) is 0 Å². The number of carbonyl (C=O) groups is 1. The second kappa shape index (κ2) is 5.19. The van der Waals surface area contributed by atoms with Crippen molar-refractivity contribution in [2.45, 2.75) is 39.2 Å². The van der Waals surface area contributed by atoms with Gasteiger partial charge >= 0.3 is 0 Å². The molecular formula is C16H18N6O. The zero-order valence-electron chi connectivity index (χ0n) is 13.2. The summed E-state index contributed by atoms with van der Waals surface area (Å²) < 4.78 is 3.49. The Morgan fingerprint density at radius 2 is 2.17 bits per heavy atom. The van der Waals surface area contributed by atoms with Gasteiger partial charge in [0.15, 0.2) is 5.69 Å². The van der Waals surface area contributed by atoms with Gasteiger partial charge < -0.3 is 5.32 Å². The van der Waals surface area contributed by atoms with Crippen molar-refractivity contribution in [3.05, 3.63) is 41.3 Å². The molecule has 7 heteroatoms. The van der Waals surface area contributed by atoms with Gasteiger partial charge in [0.2, 0.25) is 0 Å². The predicted molar refractivity (Wildman–Crippen MR) is 85.6 cm³/mol. The Kier molecular flexibility index (Phi) is 3.14. The highest BCUT2D eigenvalue weighted by Crippen LogP contribution is 2.31. The van der Waals surface area contributed by atoms with Crippen molar-refractivity contribution in [1.82, 2.24) is 24.6 Å². The van der Waals surface area contributed by atoms with Crippen LogP contribution in [0.1, 0.15) is 48.1 Å². The fourth-order valence-corrected chi connectivity index (χ4v) is 3.09. The van der Waals surface area contributed by atoms with Crippen molar-refractivity contribution < 1.29 is 4.79 Å². The zero-order valence-corrected chi connectivity index (χ0v) is 13.2. The number of fused-ring (bicyclic) bond motifs is 2. The highest BCUT2D eigenvalue weighted by Gasteiger charge is 2.26. The lowest BCUT2D eigenvalue weighted by Crippen LogP contribution is -2.18. The van der Waals surface area contributed by atoms with Crippen LogP contribution in [0.4, 0.5) is 5.82 Å². The number of nitrogens with zero attached hydrogens (tertiary/aromatic N) is 5. The van der Waals surface area contributed by atoms with Crippen LogP contribution in [0.15, 0.2) is 24.4 Å². The lowest BCUT2D eigenvalue weighted by atomic mass is 10.2. The monoisotopic (exact) mass is 310 g/mol. The van der Waals surface area contributed by atoms with E-state index < -0.39 is 0 Å². The third-order valence-corrected chi connectivity index (χ3v) is 4.19. The van der Waals surface area contributed by atoms with Gasteiger partial charge in [0.25, 0.3) is 5.91 Å². The summed E-state index contributed by atoms with van der Waals surface area (Å²) in [6, 6.07) is 5.74. The molecule has 0 bridgehead atoms. The highest BCUT2D eigenvalue weighted by molar-refractivity contribution is 6.07. The van der Waals surface area contributed by atoms with E-state index in [1.165, 1.54) is 0 Å². The van der Waals surface area contributed by atoms with Crippen LogP contribution in [0, 0.1) is 0 Å². The highest BCUT2D eigenvalue weighted by atomic mass is 16.2. The lowest BCUT2D eigenvalue weighted by Gasteiger charge is -2.13. The molecule has 0 aromatic carbocycles. The first-order valence-electron chi connectivity index (χ1n) is 7.87. The fourth-order valence-electron chi connectivity index (χ4n) is 3.09.